The number of anilines is 1. The number of hydrogen-bond donors (Lipinski definition) is 1. The molecule has 1 fully saturated rings. The van der Waals surface area contributed by atoms with Gasteiger partial charge < -0.3 is 15.0 Å². The van der Waals surface area contributed by atoms with Gasteiger partial charge in [-0.15, -0.1) is 0 Å². The molecule has 19 heavy (non-hydrogen) atoms. The molecule has 5 nitrogen and oxygen atoms in total. The van der Waals surface area contributed by atoms with Gasteiger partial charge in [-0.05, 0) is 32.9 Å². The highest BCUT2D eigenvalue weighted by Gasteiger charge is 2.31. The summed E-state index contributed by atoms with van der Waals surface area (Å²) in [6.45, 7) is 7.11. The van der Waals surface area contributed by atoms with Crippen molar-refractivity contribution in [2.45, 2.75) is 32.4 Å². The first kappa shape index (κ1) is 13.9. The number of hydrogen-bond acceptors (Lipinski definition) is 4. The summed E-state index contributed by atoms with van der Waals surface area (Å²) in [5, 5.41) is 3.24. The Bertz CT molecular complexity index is 450. The zero-order valence-corrected chi connectivity index (χ0v) is 12.1. The minimum atomic E-state index is -0.369. The van der Waals surface area contributed by atoms with E-state index in [2.05, 4.69) is 15.2 Å². The molecule has 6 heteroatoms. The van der Waals surface area contributed by atoms with Crippen molar-refractivity contribution in [2.75, 3.05) is 18.0 Å². The quantitative estimate of drug-likeness (QED) is 0.847. The first-order valence-electron chi connectivity index (χ1n) is 6.19. The fraction of sp³-hybridized carbons (Fsp3) is 0.538. The average Bonchev–Trinajstić information content (AvgIpc) is 2.22. The van der Waals surface area contributed by atoms with Crippen molar-refractivity contribution < 1.29 is 9.53 Å². The van der Waals surface area contributed by atoms with E-state index in [1.54, 1.807) is 12.3 Å². The van der Waals surface area contributed by atoms with Crippen molar-refractivity contribution in [1.29, 1.82) is 0 Å². The summed E-state index contributed by atoms with van der Waals surface area (Å²) in [6.07, 6.45) is 1.28. The standard InChI is InChI=1S/C13H18ClN3O2/c1-13(2,3)16-12(18)19-10-7-17(8-10)9-4-5-11(14)15-6-9/h4-6,10H,7-8H2,1-3H3,(H,16,18). The van der Waals surface area contributed by atoms with Gasteiger partial charge in [0.2, 0.25) is 0 Å². The molecule has 0 aromatic carbocycles. The second-order valence-corrected chi connectivity index (χ2v) is 6.03. The molecule has 0 unspecified atom stereocenters. The Labute approximate surface area is 117 Å². The summed E-state index contributed by atoms with van der Waals surface area (Å²) in [5.74, 6) is 0. The van der Waals surface area contributed by atoms with E-state index < -0.39 is 0 Å². The van der Waals surface area contributed by atoms with Crippen molar-refractivity contribution in [3.63, 3.8) is 0 Å². The number of amides is 1. The molecule has 2 rings (SSSR count). The number of nitrogens with one attached hydrogen (secondary N) is 1. The third-order valence-corrected chi connectivity index (χ3v) is 2.90. The SMILES string of the molecule is CC(C)(C)NC(=O)OC1CN(c2ccc(Cl)nc2)C1. The zero-order chi connectivity index (χ0) is 14.0. The topological polar surface area (TPSA) is 54.5 Å². The highest BCUT2D eigenvalue weighted by atomic mass is 35.5. The summed E-state index contributed by atoms with van der Waals surface area (Å²) in [4.78, 5) is 17.7. The summed E-state index contributed by atoms with van der Waals surface area (Å²) in [7, 11) is 0. The Hall–Kier alpha value is -1.49. The van der Waals surface area contributed by atoms with Gasteiger partial charge in [0.1, 0.15) is 11.3 Å². The maximum Gasteiger partial charge on any atom is 0.407 e. The molecule has 2 heterocycles. The number of alkyl carbamates (subject to hydrolysis) is 1. The van der Waals surface area contributed by atoms with E-state index in [9.17, 15) is 4.79 Å². The van der Waals surface area contributed by atoms with Crippen molar-refractivity contribution in [2.24, 2.45) is 0 Å². The van der Waals surface area contributed by atoms with Gasteiger partial charge in [-0.3, -0.25) is 0 Å². The van der Waals surface area contributed by atoms with E-state index in [1.807, 2.05) is 26.8 Å². The van der Waals surface area contributed by atoms with Gasteiger partial charge in [-0.2, -0.15) is 0 Å². The molecule has 0 saturated carbocycles. The van der Waals surface area contributed by atoms with Gasteiger partial charge >= 0.3 is 6.09 Å². The van der Waals surface area contributed by atoms with Gasteiger partial charge in [0.15, 0.2) is 0 Å². The molecule has 0 atom stereocenters. The molecular formula is C13H18ClN3O2. The Morgan fingerprint density at radius 3 is 2.68 bits per heavy atom. The minimum Gasteiger partial charge on any atom is -0.442 e. The largest absolute Gasteiger partial charge is 0.442 e. The summed E-state index contributed by atoms with van der Waals surface area (Å²) in [5.41, 5.74) is 0.709. The second kappa shape index (κ2) is 5.25. The monoisotopic (exact) mass is 283 g/mol. The van der Waals surface area contributed by atoms with Crippen LogP contribution in [0.5, 0.6) is 0 Å². The molecule has 1 aromatic heterocycles. The van der Waals surface area contributed by atoms with Crippen molar-refractivity contribution in [3.8, 4) is 0 Å². The average molecular weight is 284 g/mol. The molecule has 1 saturated heterocycles. The first-order chi connectivity index (χ1) is 8.83. The molecule has 0 aliphatic carbocycles. The number of pyridine rings is 1. The molecule has 1 N–H and O–H groups in total. The van der Waals surface area contributed by atoms with Crippen LogP contribution in [0.3, 0.4) is 0 Å². The molecule has 1 aliphatic rings. The van der Waals surface area contributed by atoms with Crippen LogP contribution in [0.25, 0.3) is 0 Å². The lowest BCUT2D eigenvalue weighted by molar-refractivity contribution is 0.0756. The van der Waals surface area contributed by atoms with E-state index in [0.29, 0.717) is 18.2 Å². The normalized spacial score (nSPS) is 15.9. The number of carbonyl (C=O) groups is 1. The van der Waals surface area contributed by atoms with Crippen LogP contribution in [0, 0.1) is 0 Å². The molecule has 0 bridgehead atoms. The summed E-state index contributed by atoms with van der Waals surface area (Å²) in [6, 6.07) is 3.65. The fourth-order valence-corrected chi connectivity index (χ4v) is 1.88. The lowest BCUT2D eigenvalue weighted by Gasteiger charge is -2.40. The third kappa shape index (κ3) is 3.99. The van der Waals surface area contributed by atoms with Crippen LogP contribution in [0.1, 0.15) is 20.8 Å². The second-order valence-electron chi connectivity index (χ2n) is 5.65. The number of nitrogens with zero attached hydrogens (tertiary/aromatic N) is 2. The Morgan fingerprint density at radius 1 is 1.47 bits per heavy atom. The molecule has 0 radical (unpaired) electrons. The smallest absolute Gasteiger partial charge is 0.407 e. The highest BCUT2D eigenvalue weighted by Crippen LogP contribution is 2.22. The molecular weight excluding hydrogens is 266 g/mol. The summed E-state index contributed by atoms with van der Waals surface area (Å²) < 4.78 is 5.30. The number of aromatic nitrogens is 1. The van der Waals surface area contributed by atoms with Crippen LogP contribution in [-0.4, -0.2) is 35.8 Å². The van der Waals surface area contributed by atoms with Gasteiger partial charge in [0.05, 0.1) is 25.0 Å². The predicted octanol–water partition coefficient (Wildman–Crippen LogP) is 2.45. The Morgan fingerprint density at radius 2 is 2.16 bits per heavy atom. The molecule has 1 aromatic rings. The van der Waals surface area contributed by atoms with Gasteiger partial charge in [0.25, 0.3) is 0 Å². The lowest BCUT2D eigenvalue weighted by Crippen LogP contribution is -2.55. The van der Waals surface area contributed by atoms with Crippen molar-refractivity contribution >= 4 is 23.4 Å². The van der Waals surface area contributed by atoms with Crippen molar-refractivity contribution in [1.82, 2.24) is 10.3 Å². The highest BCUT2D eigenvalue weighted by molar-refractivity contribution is 6.29. The van der Waals surface area contributed by atoms with E-state index in [4.69, 9.17) is 16.3 Å². The van der Waals surface area contributed by atoms with Crippen LogP contribution in [0.15, 0.2) is 18.3 Å². The Kier molecular flexibility index (Phi) is 3.85. The van der Waals surface area contributed by atoms with Crippen LogP contribution >= 0.6 is 11.6 Å². The van der Waals surface area contributed by atoms with Crippen molar-refractivity contribution in [3.05, 3.63) is 23.5 Å². The van der Waals surface area contributed by atoms with E-state index in [-0.39, 0.29) is 17.7 Å². The third-order valence-electron chi connectivity index (χ3n) is 2.68. The number of ether oxygens (including phenoxy) is 1. The fourth-order valence-electron chi connectivity index (χ4n) is 1.77. The summed E-state index contributed by atoms with van der Waals surface area (Å²) >= 11 is 5.73. The lowest BCUT2D eigenvalue weighted by atomic mass is 10.1. The Balaban J connectivity index is 1.77. The zero-order valence-electron chi connectivity index (χ0n) is 11.3. The van der Waals surface area contributed by atoms with Gasteiger partial charge in [0, 0.05) is 5.54 Å². The van der Waals surface area contributed by atoms with E-state index >= 15 is 0 Å². The van der Waals surface area contributed by atoms with Crippen LogP contribution in [0.4, 0.5) is 10.5 Å². The van der Waals surface area contributed by atoms with E-state index in [1.165, 1.54) is 0 Å². The van der Waals surface area contributed by atoms with Crippen LogP contribution in [0.2, 0.25) is 5.15 Å². The number of rotatable bonds is 2. The van der Waals surface area contributed by atoms with Gasteiger partial charge in [-0.25, -0.2) is 9.78 Å². The molecule has 104 valence electrons. The molecule has 1 aliphatic heterocycles. The van der Waals surface area contributed by atoms with Crippen LogP contribution in [-0.2, 0) is 4.74 Å². The predicted molar refractivity (Wildman–Crippen MR) is 74.6 cm³/mol. The number of halogens is 1. The molecule has 1 amide bonds. The van der Waals surface area contributed by atoms with Crippen LogP contribution < -0.4 is 10.2 Å². The maximum atomic E-state index is 11.6. The maximum absolute atomic E-state index is 11.6. The van der Waals surface area contributed by atoms with Gasteiger partial charge in [-0.1, -0.05) is 11.6 Å². The van der Waals surface area contributed by atoms with E-state index in [0.717, 1.165) is 5.69 Å². The number of carbonyl (C=O) groups excluding carboxylic acids is 1. The molecule has 0 spiro atoms. The minimum absolute atomic E-state index is 0.0713. The first-order valence-corrected chi connectivity index (χ1v) is 6.56.